The average Bonchev–Trinajstić information content (AvgIpc) is 1.58. The molecule has 15 aromatic heterocycles. The molecule has 4 atom stereocenters. The van der Waals surface area contributed by atoms with Crippen LogP contribution in [-0.4, -0.2) is 162 Å². The first kappa shape index (κ1) is 83.1. The number of hydrogen-bond donors (Lipinski definition) is 17. The summed E-state index contributed by atoms with van der Waals surface area (Å²) in [6, 6.07) is 37.8. The number of rotatable bonds is 24. The molecular formula is C84H97F2N27O2S5. The van der Waals surface area contributed by atoms with Crippen LogP contribution in [0.2, 0.25) is 0 Å². The van der Waals surface area contributed by atoms with Gasteiger partial charge in [-0.1, -0.05) is 57.5 Å². The lowest BCUT2D eigenvalue weighted by Gasteiger charge is -2.29. The van der Waals surface area contributed by atoms with Gasteiger partial charge in [0, 0.05) is 132 Å². The highest BCUT2D eigenvalue weighted by atomic mass is 32.1. The molecule has 120 heavy (non-hydrogen) atoms. The monoisotopic (exact) mass is 1710 g/mol. The number of aryl methyl sites for hydroxylation is 1. The van der Waals surface area contributed by atoms with E-state index in [0.29, 0.717) is 85.9 Å². The van der Waals surface area contributed by atoms with Gasteiger partial charge in [0.2, 0.25) is 11.8 Å². The number of carbonyl (C=O) groups is 1. The highest BCUT2D eigenvalue weighted by molar-refractivity contribution is 7.24. The van der Waals surface area contributed by atoms with Gasteiger partial charge in [0.15, 0.2) is 0 Å². The predicted molar refractivity (Wildman–Crippen MR) is 489 cm³/mol. The first-order valence-corrected chi connectivity index (χ1v) is 43.9. The third kappa shape index (κ3) is 20.3. The third-order valence-corrected chi connectivity index (χ3v) is 26.7. The number of benzene rings is 1. The number of fused-ring (bicyclic) bond motifs is 6. The second-order valence-electron chi connectivity index (χ2n) is 30.9. The van der Waals surface area contributed by atoms with Crippen LogP contribution in [0.1, 0.15) is 77.8 Å². The van der Waals surface area contributed by atoms with Crippen LogP contribution in [0.25, 0.3) is 104 Å². The summed E-state index contributed by atoms with van der Waals surface area (Å²) in [7, 11) is 0. The molecule has 36 heteroatoms. The largest absolute Gasteiger partial charge is 0.394 e. The molecular weight excluding hydrogens is 1620 g/mol. The van der Waals surface area contributed by atoms with Gasteiger partial charge in [0.1, 0.15) is 29.1 Å². The van der Waals surface area contributed by atoms with E-state index >= 15 is 0 Å². The zero-order valence-corrected chi connectivity index (χ0v) is 71.1. The van der Waals surface area contributed by atoms with Crippen LogP contribution >= 0.6 is 56.7 Å². The number of pyridine rings is 5. The van der Waals surface area contributed by atoms with Crippen molar-refractivity contribution in [1.29, 1.82) is 0 Å². The summed E-state index contributed by atoms with van der Waals surface area (Å²) in [6.45, 7) is 17.8. The van der Waals surface area contributed by atoms with E-state index in [1.54, 1.807) is 93.7 Å². The summed E-state index contributed by atoms with van der Waals surface area (Å²) in [5.41, 5.74) is 46.1. The van der Waals surface area contributed by atoms with Gasteiger partial charge in [-0.2, -0.15) is 25.5 Å². The zero-order valence-electron chi connectivity index (χ0n) is 67.0. The molecule has 2 aliphatic carbocycles. The van der Waals surface area contributed by atoms with E-state index in [0.717, 1.165) is 176 Å². The lowest BCUT2D eigenvalue weighted by atomic mass is 9.92. The van der Waals surface area contributed by atoms with Gasteiger partial charge < -0.3 is 70.6 Å². The topological polar surface area (TPSA) is 451 Å². The Bertz CT molecular complexity index is 6060. The number of aromatic amines is 5. The number of nitrogens with zero attached hydrogens (tertiary/aromatic N) is 11. The molecule has 0 bridgehead atoms. The Morgan fingerprint density at radius 2 is 0.917 bits per heavy atom. The van der Waals surface area contributed by atoms with Crippen molar-refractivity contribution >= 4 is 171 Å². The van der Waals surface area contributed by atoms with Crippen LogP contribution in [0.4, 0.5) is 66.3 Å². The number of nitrogen functional groups attached to an aromatic ring is 5. The minimum atomic E-state index is -2.53. The summed E-state index contributed by atoms with van der Waals surface area (Å²) in [5, 5.41) is 65.3. The Morgan fingerprint density at radius 3 is 1.30 bits per heavy atom. The number of piperidine rings is 1. The van der Waals surface area contributed by atoms with Gasteiger partial charge in [-0.25, -0.2) is 33.7 Å². The molecule has 1 amide bonds. The summed E-state index contributed by atoms with van der Waals surface area (Å²) in [5.74, 6) is 2.65. The maximum absolute atomic E-state index is 13.3. The van der Waals surface area contributed by atoms with E-state index < -0.39 is 5.92 Å². The maximum Gasteiger partial charge on any atom is 0.248 e. The highest BCUT2D eigenvalue weighted by Crippen LogP contribution is 2.47. The van der Waals surface area contributed by atoms with Crippen molar-refractivity contribution in [2.75, 3.05) is 101 Å². The van der Waals surface area contributed by atoms with Crippen molar-refractivity contribution in [2.45, 2.75) is 104 Å². The quantitative estimate of drug-likeness (QED) is 0.0267. The molecule has 22 N–H and O–H groups in total. The smallest absolute Gasteiger partial charge is 0.248 e. The molecule has 1 aromatic carbocycles. The number of aliphatic hydroxyl groups excluding tert-OH is 1. The molecule has 3 aliphatic rings. The fraction of sp³-hybridized carbons (Fsp3) is 0.321. The molecule has 3 fully saturated rings. The van der Waals surface area contributed by atoms with Crippen LogP contribution in [0.3, 0.4) is 0 Å². The lowest BCUT2D eigenvalue weighted by molar-refractivity contribution is -0.130. The molecule has 29 nitrogen and oxygen atoms in total. The number of halogens is 2. The maximum atomic E-state index is 13.3. The number of aliphatic hydroxyl groups is 1. The van der Waals surface area contributed by atoms with Crippen molar-refractivity contribution in [2.24, 2.45) is 23.7 Å². The standard InChI is InChI=1S/C23H26N6OS.C16H17F2N5S.C16H21N5OS.C15H16N6S.C14H17N5S/c1-3-29(22(30)12-16-6-4-5-15(2)11-16)10-9-25-18-14-21(24)27-19-13-20(31-23(18)19)17-7-8-26-28-17;17-16(18)4-1-9(2-5-16)21-12-8-14(19)22-11-7-13(24-15(11)12)10-3-6-20-23-10;1-9(2)5-10(8-22)19-13-7-15(17)20-12-6-14(23-16(12)13)11-3-4-18-21-11;16-13-4-11(20-14-7-5-17-6-8(7)14)15-10(19-13)3-12(22-15)9-1-2-18-21-9;1-8(2)7-16-10-6-13(15)18-11-5-12(20-14(10)11)9-3-4-17-19-9/h4-8,11,13-14H,3,9-10,12H2,1-2H3,(H,26,28)(H3,24,25,27);3,6-9H,1-2,4-5H2,(H,20,23)(H3,19,21,22);3-4,6-7,9-10,22H,5,8H2,1-2H3,(H,18,21)(H3,17,19,20);1-4,7-8,14,17H,5-6H2,(H,18,21)(H3,16,19,20);3-6,8H,7H2,1-2H3,(H,17,19)(H3,15,16,18)/t;;10-;7-,8+,14?;/m..1../s1. The van der Waals surface area contributed by atoms with E-state index in [1.807, 2.05) is 116 Å². The SMILES string of the molecule is CC(C)CNc1cc(N)nc2cc(-c3ccn[nH]3)sc12.CC(C)C[C@H](CO)Nc1cc(N)nc2cc(-c3ccn[nH]3)sc12.CCN(CCNc1cc(N)nc2cc(-c3ccn[nH]3)sc12)C(=O)Cc1cccc(C)c1.Nc1cc(NC2CCC(F)(F)CC2)c2sc(-c3ccn[nH]3)cc2n1.Nc1cc(NC2[C@H]3CNC[C@@H]23)c2sc(-c3ccn[nH]3)cc2n1. The first-order valence-electron chi connectivity index (χ1n) is 39.8. The van der Waals surface area contributed by atoms with Crippen molar-refractivity contribution in [1.82, 2.24) is 86.1 Å². The van der Waals surface area contributed by atoms with Crippen molar-refractivity contribution < 1.29 is 18.7 Å². The second kappa shape index (κ2) is 37.2. The summed E-state index contributed by atoms with van der Waals surface area (Å²) < 4.78 is 32.0. The molecule has 0 radical (unpaired) electrons. The molecule has 16 heterocycles. The molecule has 0 spiro atoms. The van der Waals surface area contributed by atoms with Crippen LogP contribution in [0, 0.1) is 30.6 Å². The number of nitrogens with one attached hydrogen (secondary N) is 11. The number of carbonyl (C=O) groups excluding carboxylic acids is 1. The number of nitrogens with two attached hydrogens (primary N) is 5. The number of thiophene rings is 5. The molecule has 19 rings (SSSR count). The first-order chi connectivity index (χ1) is 58.0. The minimum absolute atomic E-state index is 0.00213. The molecule has 624 valence electrons. The summed E-state index contributed by atoms with van der Waals surface area (Å²) in [6.07, 6.45) is 10.7. The number of amides is 1. The summed E-state index contributed by atoms with van der Waals surface area (Å²) >= 11 is 8.25. The van der Waals surface area contributed by atoms with Crippen molar-refractivity contribution in [3.63, 3.8) is 0 Å². The number of likely N-dealkylation sites (N-methyl/N-ethyl adjacent to an activating group) is 1. The van der Waals surface area contributed by atoms with Crippen molar-refractivity contribution in [3.8, 4) is 52.9 Å². The number of hydrogen-bond acceptors (Lipinski definition) is 28. The molecule has 16 aromatic rings. The van der Waals surface area contributed by atoms with E-state index in [1.165, 1.54) is 5.56 Å². The Kier molecular flexibility index (Phi) is 25.7. The van der Waals surface area contributed by atoms with E-state index in [-0.39, 0.29) is 37.4 Å². The van der Waals surface area contributed by atoms with E-state index in [4.69, 9.17) is 28.7 Å². The van der Waals surface area contributed by atoms with Crippen molar-refractivity contribution in [3.05, 3.63) is 157 Å². The van der Waals surface area contributed by atoms with Gasteiger partial charge in [0.05, 0.1) is 145 Å². The normalized spacial score (nSPS) is 15.6. The molecule has 1 aliphatic heterocycles. The van der Waals surface area contributed by atoms with Crippen LogP contribution in [0.15, 0.2) is 146 Å². The van der Waals surface area contributed by atoms with Gasteiger partial charge >= 0.3 is 0 Å². The van der Waals surface area contributed by atoms with Crippen LogP contribution in [-0.2, 0) is 11.2 Å². The second-order valence-corrected chi connectivity index (χ2v) is 36.1. The number of aromatic nitrogens is 15. The molecule has 1 unspecified atom stereocenters. The lowest BCUT2D eigenvalue weighted by Crippen LogP contribution is -2.35. The van der Waals surface area contributed by atoms with Gasteiger partial charge in [-0.15, -0.1) is 56.7 Å². The predicted octanol–water partition coefficient (Wildman–Crippen LogP) is 16.7. The highest BCUT2D eigenvalue weighted by Gasteiger charge is 2.53. The molecule has 1 saturated heterocycles. The Labute approximate surface area is 710 Å². The van der Waals surface area contributed by atoms with Gasteiger partial charge in [0.25, 0.3) is 0 Å². The van der Waals surface area contributed by atoms with E-state index in [2.05, 4.69) is 148 Å². The Hall–Kier alpha value is -11.9. The minimum Gasteiger partial charge on any atom is -0.394 e. The van der Waals surface area contributed by atoms with Gasteiger partial charge in [-0.05, 0) is 123 Å². The average molecular weight is 1720 g/mol. The fourth-order valence-corrected chi connectivity index (χ4v) is 20.1. The fourth-order valence-electron chi connectivity index (χ4n) is 14.8. The van der Waals surface area contributed by atoms with Crippen LogP contribution < -0.4 is 60.6 Å². The molecule has 2 saturated carbocycles. The number of anilines is 10. The van der Waals surface area contributed by atoms with E-state index in [9.17, 15) is 18.7 Å². The number of alkyl halides is 2. The third-order valence-electron chi connectivity index (χ3n) is 20.7. The number of H-pyrrole nitrogens is 5. The zero-order chi connectivity index (χ0) is 83.7. The van der Waals surface area contributed by atoms with Crippen LogP contribution in [0.5, 0.6) is 0 Å². The summed E-state index contributed by atoms with van der Waals surface area (Å²) in [4.78, 5) is 42.1. The Balaban J connectivity index is 0.000000118. The Morgan fingerprint density at radius 1 is 0.525 bits per heavy atom. The van der Waals surface area contributed by atoms with Gasteiger partial charge in [-0.3, -0.25) is 30.3 Å².